The number of nitrogens with two attached hydrogens (primary N) is 1. The molecule has 4 aromatic carbocycles. The standard InChI is InChI=1S/C27H24N2O2/c28-27(31)25(17-19-10-13-23(14-11-19)21-6-2-1-3-7-21)29-26(30)18-20-12-15-22-8-4-5-9-24(22)16-20/h1-16,25H,17-18H2,(H2,28,31)(H,29,30)/t25-/m1/s1. The molecule has 0 fully saturated rings. The smallest absolute Gasteiger partial charge is 0.240 e. The van der Waals surface area contributed by atoms with Crippen LogP contribution in [0.5, 0.6) is 0 Å². The lowest BCUT2D eigenvalue weighted by Gasteiger charge is -2.16. The number of carbonyl (C=O) groups excluding carboxylic acids is 2. The zero-order valence-electron chi connectivity index (χ0n) is 17.1. The molecule has 1 atom stereocenters. The van der Waals surface area contributed by atoms with Crippen LogP contribution >= 0.6 is 0 Å². The van der Waals surface area contributed by atoms with Crippen LogP contribution < -0.4 is 11.1 Å². The van der Waals surface area contributed by atoms with Gasteiger partial charge in [0.15, 0.2) is 0 Å². The minimum atomic E-state index is -0.754. The van der Waals surface area contributed by atoms with Gasteiger partial charge in [-0.2, -0.15) is 0 Å². The van der Waals surface area contributed by atoms with E-state index in [-0.39, 0.29) is 12.3 Å². The summed E-state index contributed by atoms with van der Waals surface area (Å²) in [6.45, 7) is 0. The lowest BCUT2D eigenvalue weighted by Crippen LogP contribution is -2.46. The van der Waals surface area contributed by atoms with Gasteiger partial charge < -0.3 is 11.1 Å². The number of hydrogen-bond acceptors (Lipinski definition) is 2. The summed E-state index contributed by atoms with van der Waals surface area (Å²) in [6.07, 6.45) is 0.551. The Morgan fingerprint density at radius 1 is 0.710 bits per heavy atom. The van der Waals surface area contributed by atoms with E-state index in [2.05, 4.69) is 5.32 Å². The van der Waals surface area contributed by atoms with E-state index in [1.165, 1.54) is 0 Å². The molecule has 0 bridgehead atoms. The maximum Gasteiger partial charge on any atom is 0.240 e. The molecule has 154 valence electrons. The van der Waals surface area contributed by atoms with Crippen LogP contribution in [-0.2, 0) is 22.4 Å². The molecule has 0 aliphatic heterocycles. The van der Waals surface area contributed by atoms with Crippen LogP contribution in [0.4, 0.5) is 0 Å². The van der Waals surface area contributed by atoms with Crippen LogP contribution in [0.2, 0.25) is 0 Å². The molecule has 0 aliphatic carbocycles. The average molecular weight is 409 g/mol. The molecule has 0 spiro atoms. The van der Waals surface area contributed by atoms with Crippen molar-refractivity contribution in [3.05, 3.63) is 108 Å². The third kappa shape index (κ3) is 5.17. The van der Waals surface area contributed by atoms with Gasteiger partial charge in [0.2, 0.25) is 11.8 Å². The van der Waals surface area contributed by atoms with Crippen LogP contribution in [0.25, 0.3) is 21.9 Å². The Morgan fingerprint density at radius 2 is 1.32 bits per heavy atom. The van der Waals surface area contributed by atoms with Crippen molar-refractivity contribution in [2.75, 3.05) is 0 Å². The summed E-state index contributed by atoms with van der Waals surface area (Å²) < 4.78 is 0. The fraction of sp³-hybridized carbons (Fsp3) is 0.111. The Hall–Kier alpha value is -3.92. The van der Waals surface area contributed by atoms with Crippen LogP contribution in [0.15, 0.2) is 97.1 Å². The molecule has 0 radical (unpaired) electrons. The summed E-state index contributed by atoms with van der Waals surface area (Å²) >= 11 is 0. The Labute approximate surface area is 181 Å². The van der Waals surface area contributed by atoms with Gasteiger partial charge in [-0.15, -0.1) is 0 Å². The summed E-state index contributed by atoms with van der Waals surface area (Å²) in [4.78, 5) is 24.5. The van der Waals surface area contributed by atoms with Crippen molar-refractivity contribution < 1.29 is 9.59 Å². The Bertz CT molecular complexity index is 1200. The van der Waals surface area contributed by atoms with E-state index in [0.717, 1.165) is 33.0 Å². The maximum atomic E-state index is 12.6. The summed E-state index contributed by atoms with van der Waals surface area (Å²) in [7, 11) is 0. The number of benzene rings is 4. The van der Waals surface area contributed by atoms with Gasteiger partial charge in [-0.3, -0.25) is 9.59 Å². The lowest BCUT2D eigenvalue weighted by molar-refractivity contribution is -0.127. The van der Waals surface area contributed by atoms with Gasteiger partial charge in [-0.25, -0.2) is 0 Å². The third-order valence-electron chi connectivity index (χ3n) is 5.36. The number of hydrogen-bond donors (Lipinski definition) is 2. The molecule has 2 amide bonds. The number of primary amides is 1. The largest absolute Gasteiger partial charge is 0.368 e. The molecule has 0 unspecified atom stereocenters. The summed E-state index contributed by atoms with van der Waals surface area (Å²) in [5.41, 5.74) is 9.63. The molecular formula is C27H24N2O2. The SMILES string of the molecule is NC(=O)[C@@H](Cc1ccc(-c2ccccc2)cc1)NC(=O)Cc1ccc2ccccc2c1. The highest BCUT2D eigenvalue weighted by molar-refractivity contribution is 5.89. The van der Waals surface area contributed by atoms with Gasteiger partial charge in [0.05, 0.1) is 6.42 Å². The molecule has 31 heavy (non-hydrogen) atoms. The average Bonchev–Trinajstić information content (AvgIpc) is 2.79. The van der Waals surface area contributed by atoms with E-state index in [4.69, 9.17) is 5.73 Å². The van der Waals surface area contributed by atoms with E-state index in [1.54, 1.807) is 0 Å². The van der Waals surface area contributed by atoms with Gasteiger partial charge in [0.25, 0.3) is 0 Å². The zero-order chi connectivity index (χ0) is 21.6. The van der Waals surface area contributed by atoms with Crippen LogP contribution in [0.1, 0.15) is 11.1 Å². The van der Waals surface area contributed by atoms with Crippen molar-refractivity contribution >= 4 is 22.6 Å². The number of amides is 2. The molecule has 0 aromatic heterocycles. The highest BCUT2D eigenvalue weighted by Gasteiger charge is 2.19. The number of rotatable bonds is 7. The second-order valence-electron chi connectivity index (χ2n) is 7.65. The maximum absolute atomic E-state index is 12.6. The fourth-order valence-electron chi connectivity index (χ4n) is 3.70. The van der Waals surface area contributed by atoms with Crippen molar-refractivity contribution in [1.29, 1.82) is 0 Å². The molecule has 4 heteroatoms. The molecule has 0 saturated heterocycles. The zero-order valence-corrected chi connectivity index (χ0v) is 17.1. The third-order valence-corrected chi connectivity index (χ3v) is 5.36. The number of fused-ring (bicyclic) bond motifs is 1. The predicted molar refractivity (Wildman–Crippen MR) is 124 cm³/mol. The topological polar surface area (TPSA) is 72.2 Å². The quantitative estimate of drug-likeness (QED) is 0.480. The molecule has 0 heterocycles. The highest BCUT2D eigenvalue weighted by Crippen LogP contribution is 2.20. The first-order valence-electron chi connectivity index (χ1n) is 10.3. The molecule has 0 aliphatic rings. The van der Waals surface area contributed by atoms with Crippen LogP contribution in [0, 0.1) is 0 Å². The number of carbonyl (C=O) groups is 2. The van der Waals surface area contributed by atoms with Crippen molar-refractivity contribution in [3.63, 3.8) is 0 Å². The molecule has 4 rings (SSSR count). The molecule has 3 N–H and O–H groups in total. The second-order valence-corrected chi connectivity index (χ2v) is 7.65. The van der Waals surface area contributed by atoms with E-state index >= 15 is 0 Å². The van der Waals surface area contributed by atoms with Crippen LogP contribution in [-0.4, -0.2) is 17.9 Å². The molecule has 0 saturated carbocycles. The first-order valence-corrected chi connectivity index (χ1v) is 10.3. The Balaban J connectivity index is 1.41. The molecular weight excluding hydrogens is 384 g/mol. The minimum Gasteiger partial charge on any atom is -0.368 e. The Kier molecular flexibility index (Phi) is 6.08. The van der Waals surface area contributed by atoms with E-state index < -0.39 is 11.9 Å². The minimum absolute atomic E-state index is 0.196. The van der Waals surface area contributed by atoms with Crippen molar-refractivity contribution in [1.82, 2.24) is 5.32 Å². The van der Waals surface area contributed by atoms with E-state index in [9.17, 15) is 9.59 Å². The Morgan fingerprint density at radius 3 is 2.03 bits per heavy atom. The van der Waals surface area contributed by atoms with Crippen molar-refractivity contribution in [2.45, 2.75) is 18.9 Å². The highest BCUT2D eigenvalue weighted by atomic mass is 16.2. The van der Waals surface area contributed by atoms with E-state index in [0.29, 0.717) is 6.42 Å². The van der Waals surface area contributed by atoms with Crippen molar-refractivity contribution in [3.8, 4) is 11.1 Å². The van der Waals surface area contributed by atoms with Crippen molar-refractivity contribution in [2.24, 2.45) is 5.73 Å². The van der Waals surface area contributed by atoms with Gasteiger partial charge in [-0.05, 0) is 33.0 Å². The number of nitrogens with one attached hydrogen (secondary N) is 1. The van der Waals surface area contributed by atoms with Gasteiger partial charge >= 0.3 is 0 Å². The normalized spacial score (nSPS) is 11.7. The van der Waals surface area contributed by atoms with Gasteiger partial charge in [0.1, 0.15) is 6.04 Å². The molecule has 4 aromatic rings. The fourth-order valence-corrected chi connectivity index (χ4v) is 3.70. The first-order chi connectivity index (χ1) is 15.1. The second kappa shape index (κ2) is 9.26. The monoisotopic (exact) mass is 408 g/mol. The predicted octanol–water partition coefficient (Wildman–Crippen LogP) is 4.26. The summed E-state index contributed by atoms with van der Waals surface area (Å²) in [5.74, 6) is -0.765. The summed E-state index contributed by atoms with van der Waals surface area (Å²) in [6, 6.07) is 31.2. The molecule has 4 nitrogen and oxygen atoms in total. The first kappa shape index (κ1) is 20.4. The summed E-state index contributed by atoms with van der Waals surface area (Å²) in [5, 5.41) is 5.00. The van der Waals surface area contributed by atoms with Gasteiger partial charge in [0, 0.05) is 6.42 Å². The van der Waals surface area contributed by atoms with Crippen LogP contribution in [0.3, 0.4) is 0 Å². The van der Waals surface area contributed by atoms with Gasteiger partial charge in [-0.1, -0.05) is 97.1 Å². The van der Waals surface area contributed by atoms with E-state index in [1.807, 2.05) is 97.1 Å². The lowest BCUT2D eigenvalue weighted by atomic mass is 10.00.